The Hall–Kier alpha value is -3.28. The zero-order valence-electron chi connectivity index (χ0n) is 14.6. The number of hydrogen-bond donors (Lipinski definition) is 2. The first kappa shape index (κ1) is 17.5. The first-order valence-corrected chi connectivity index (χ1v) is 8.12. The van der Waals surface area contributed by atoms with Gasteiger partial charge in [-0.2, -0.15) is 0 Å². The van der Waals surface area contributed by atoms with Gasteiger partial charge in [0.2, 0.25) is 11.8 Å². The van der Waals surface area contributed by atoms with Gasteiger partial charge in [-0.25, -0.2) is 0 Å². The third-order valence-corrected chi connectivity index (χ3v) is 4.26. The Morgan fingerprint density at radius 1 is 0.846 bits per heavy atom. The topological polar surface area (TPSA) is 76.7 Å². The van der Waals surface area contributed by atoms with Gasteiger partial charge < -0.3 is 20.1 Å². The van der Waals surface area contributed by atoms with Crippen LogP contribution < -0.4 is 20.1 Å². The predicted molar refractivity (Wildman–Crippen MR) is 99.4 cm³/mol. The van der Waals surface area contributed by atoms with Gasteiger partial charge in [0.25, 0.3) is 0 Å². The lowest BCUT2D eigenvalue weighted by Gasteiger charge is -2.08. The fourth-order valence-corrected chi connectivity index (χ4v) is 2.80. The summed E-state index contributed by atoms with van der Waals surface area (Å²) in [6.45, 7) is 3.85. The molecule has 2 amide bonds. The maximum absolute atomic E-state index is 12.4. The van der Waals surface area contributed by atoms with E-state index in [1.807, 2.05) is 0 Å². The molecule has 0 spiro atoms. The molecule has 26 heavy (non-hydrogen) atoms. The smallest absolute Gasteiger partial charge is 0.232 e. The van der Waals surface area contributed by atoms with Gasteiger partial charge in [-0.1, -0.05) is 24.3 Å². The summed E-state index contributed by atoms with van der Waals surface area (Å²) in [6, 6.07) is 14.1. The molecule has 0 radical (unpaired) electrons. The fraction of sp³-hybridized carbons (Fsp3) is 0.200. The highest BCUT2D eigenvalue weighted by molar-refractivity contribution is 6.08. The van der Waals surface area contributed by atoms with Gasteiger partial charge in [0, 0.05) is 23.5 Å². The molecular formula is C20H20N2O4. The van der Waals surface area contributed by atoms with E-state index >= 15 is 0 Å². The highest BCUT2D eigenvalue weighted by atomic mass is 16.5. The molecule has 1 saturated carbocycles. The Morgan fingerprint density at radius 3 is 1.65 bits per heavy atom. The molecular weight excluding hydrogens is 332 g/mol. The number of benzene rings is 2. The number of methoxy groups -OCH3 is 2. The molecule has 134 valence electrons. The van der Waals surface area contributed by atoms with E-state index < -0.39 is 11.8 Å². The highest BCUT2D eigenvalue weighted by Crippen LogP contribution is 2.45. The van der Waals surface area contributed by atoms with Crippen LogP contribution in [-0.2, 0) is 9.59 Å². The molecule has 1 aliphatic rings. The van der Waals surface area contributed by atoms with Crippen LogP contribution in [-0.4, -0.2) is 26.0 Å². The monoisotopic (exact) mass is 352 g/mol. The van der Waals surface area contributed by atoms with E-state index in [-0.39, 0.29) is 11.8 Å². The average molecular weight is 352 g/mol. The largest absolute Gasteiger partial charge is 0.497 e. The van der Waals surface area contributed by atoms with E-state index in [0.717, 1.165) is 0 Å². The van der Waals surface area contributed by atoms with Crippen molar-refractivity contribution >= 4 is 23.2 Å². The summed E-state index contributed by atoms with van der Waals surface area (Å²) in [4.78, 5) is 24.9. The number of carbonyl (C=O) groups is 2. The zero-order chi connectivity index (χ0) is 18.7. The van der Waals surface area contributed by atoms with Crippen molar-refractivity contribution in [2.24, 2.45) is 11.8 Å². The van der Waals surface area contributed by atoms with Crippen LogP contribution >= 0.6 is 0 Å². The number of ether oxygens (including phenoxy) is 2. The SMILES string of the molecule is C=C1[C@H](C(=O)Nc2cccc(OC)c2)[C@@H]1C(=O)Nc1cccc(OC)c1. The van der Waals surface area contributed by atoms with Crippen LogP contribution in [0.5, 0.6) is 11.5 Å². The van der Waals surface area contributed by atoms with Crippen molar-refractivity contribution in [2.45, 2.75) is 0 Å². The number of carbonyl (C=O) groups excluding carboxylic acids is 2. The Morgan fingerprint density at radius 2 is 1.27 bits per heavy atom. The van der Waals surface area contributed by atoms with Gasteiger partial charge in [0.1, 0.15) is 11.5 Å². The molecule has 1 aliphatic carbocycles. The minimum Gasteiger partial charge on any atom is -0.497 e. The van der Waals surface area contributed by atoms with E-state index in [1.165, 1.54) is 0 Å². The van der Waals surface area contributed by atoms with Crippen LogP contribution in [0.25, 0.3) is 0 Å². The Kier molecular flexibility index (Phi) is 4.93. The summed E-state index contributed by atoms with van der Waals surface area (Å²) in [5.74, 6) is -0.295. The third kappa shape index (κ3) is 3.69. The van der Waals surface area contributed by atoms with E-state index in [9.17, 15) is 9.59 Å². The van der Waals surface area contributed by atoms with Crippen LogP contribution in [0.4, 0.5) is 11.4 Å². The van der Waals surface area contributed by atoms with Crippen molar-refractivity contribution in [2.75, 3.05) is 24.9 Å². The first-order chi connectivity index (χ1) is 12.5. The standard InChI is InChI=1S/C20H20N2O4/c1-12-17(19(23)21-13-6-4-8-15(10-13)25-2)18(12)20(24)22-14-7-5-9-16(11-14)26-3/h4-11,17-18H,1H2,2-3H3,(H,21,23)(H,22,24)/t17-,18+. The molecule has 0 heterocycles. The van der Waals surface area contributed by atoms with Crippen molar-refractivity contribution in [3.05, 3.63) is 60.7 Å². The maximum atomic E-state index is 12.4. The molecule has 2 N–H and O–H groups in total. The van der Waals surface area contributed by atoms with E-state index in [0.29, 0.717) is 28.4 Å². The van der Waals surface area contributed by atoms with E-state index in [4.69, 9.17) is 9.47 Å². The second kappa shape index (κ2) is 7.31. The minimum absolute atomic E-state index is 0.256. The predicted octanol–water partition coefficient (Wildman–Crippen LogP) is 3.08. The summed E-state index contributed by atoms with van der Waals surface area (Å²) in [5.41, 5.74) is 1.83. The minimum atomic E-state index is -0.535. The molecule has 2 atom stereocenters. The summed E-state index contributed by atoms with van der Waals surface area (Å²) in [6.07, 6.45) is 0. The van der Waals surface area contributed by atoms with Gasteiger partial charge in [-0.3, -0.25) is 9.59 Å². The van der Waals surface area contributed by atoms with Gasteiger partial charge in [-0.15, -0.1) is 0 Å². The molecule has 2 aromatic carbocycles. The van der Waals surface area contributed by atoms with Gasteiger partial charge in [-0.05, 0) is 24.3 Å². The molecule has 0 aliphatic heterocycles. The van der Waals surface area contributed by atoms with Crippen LogP contribution in [0.1, 0.15) is 0 Å². The second-order valence-corrected chi connectivity index (χ2v) is 5.97. The van der Waals surface area contributed by atoms with Crippen molar-refractivity contribution in [1.82, 2.24) is 0 Å². The second-order valence-electron chi connectivity index (χ2n) is 5.97. The van der Waals surface area contributed by atoms with Crippen molar-refractivity contribution in [1.29, 1.82) is 0 Å². The number of amides is 2. The van der Waals surface area contributed by atoms with Gasteiger partial charge in [0.15, 0.2) is 0 Å². The fourth-order valence-electron chi connectivity index (χ4n) is 2.80. The lowest BCUT2D eigenvalue weighted by Crippen LogP contribution is -2.20. The summed E-state index contributed by atoms with van der Waals surface area (Å²) < 4.78 is 10.3. The lowest BCUT2D eigenvalue weighted by atomic mass is 10.2. The van der Waals surface area contributed by atoms with Crippen molar-refractivity contribution < 1.29 is 19.1 Å². The number of rotatable bonds is 6. The molecule has 2 aromatic rings. The molecule has 6 nitrogen and oxygen atoms in total. The first-order valence-electron chi connectivity index (χ1n) is 8.12. The number of nitrogens with one attached hydrogen (secondary N) is 2. The van der Waals surface area contributed by atoms with E-state index in [1.54, 1.807) is 62.8 Å². The lowest BCUT2D eigenvalue weighted by molar-refractivity contribution is -0.122. The highest BCUT2D eigenvalue weighted by Gasteiger charge is 2.52. The third-order valence-electron chi connectivity index (χ3n) is 4.26. The quantitative estimate of drug-likeness (QED) is 0.784. The van der Waals surface area contributed by atoms with Gasteiger partial charge >= 0.3 is 0 Å². The summed E-state index contributed by atoms with van der Waals surface area (Å²) >= 11 is 0. The van der Waals surface area contributed by atoms with Crippen molar-refractivity contribution in [3.63, 3.8) is 0 Å². The van der Waals surface area contributed by atoms with Crippen LogP contribution in [0.3, 0.4) is 0 Å². The normalized spacial score (nSPS) is 18.0. The molecule has 0 unspecified atom stereocenters. The molecule has 0 saturated heterocycles. The summed E-state index contributed by atoms with van der Waals surface area (Å²) in [7, 11) is 3.12. The molecule has 0 aromatic heterocycles. The maximum Gasteiger partial charge on any atom is 0.232 e. The number of hydrogen-bond acceptors (Lipinski definition) is 4. The molecule has 3 rings (SSSR count). The molecule has 6 heteroatoms. The Labute approximate surface area is 151 Å². The molecule has 1 fully saturated rings. The summed E-state index contributed by atoms with van der Waals surface area (Å²) in [5, 5.41) is 5.59. The Balaban J connectivity index is 1.62. The number of anilines is 2. The van der Waals surface area contributed by atoms with E-state index in [2.05, 4.69) is 17.2 Å². The van der Waals surface area contributed by atoms with Crippen molar-refractivity contribution in [3.8, 4) is 11.5 Å². The van der Waals surface area contributed by atoms with Crippen LogP contribution in [0, 0.1) is 11.8 Å². The van der Waals surface area contributed by atoms with Gasteiger partial charge in [0.05, 0.1) is 26.1 Å². The van der Waals surface area contributed by atoms with Crippen LogP contribution in [0.15, 0.2) is 60.7 Å². The zero-order valence-corrected chi connectivity index (χ0v) is 14.6. The average Bonchev–Trinajstić information content (AvgIpc) is 3.33. The van der Waals surface area contributed by atoms with Crippen LogP contribution in [0.2, 0.25) is 0 Å². The molecule has 0 bridgehead atoms. The Bertz CT molecular complexity index is 793.